The van der Waals surface area contributed by atoms with Crippen LogP contribution in [0, 0.1) is 0 Å². The zero-order valence-corrected chi connectivity index (χ0v) is 8.11. The molecule has 0 unspecified atom stereocenters. The fourth-order valence-electron chi connectivity index (χ4n) is 1.91. The molecular weight excluding hydrogens is 178 g/mol. The Kier molecular flexibility index (Phi) is 2.48. The van der Waals surface area contributed by atoms with E-state index in [9.17, 15) is 10.2 Å². The predicted molar refractivity (Wildman–Crippen MR) is 55.8 cm³/mol. The highest BCUT2D eigenvalue weighted by molar-refractivity contribution is 5.55. The SMILES string of the molecule is Oc1cc(O)cc(N2CCCCC2)c1. The van der Waals surface area contributed by atoms with Gasteiger partial charge in [0.15, 0.2) is 0 Å². The third-order valence-corrected chi connectivity index (χ3v) is 2.61. The number of nitrogens with zero attached hydrogens (tertiary/aromatic N) is 1. The van der Waals surface area contributed by atoms with Crippen LogP contribution in [0.1, 0.15) is 19.3 Å². The van der Waals surface area contributed by atoms with Gasteiger partial charge in [-0.3, -0.25) is 0 Å². The second-order valence-corrected chi connectivity index (χ2v) is 3.76. The number of hydrogen-bond acceptors (Lipinski definition) is 3. The number of anilines is 1. The van der Waals surface area contributed by atoms with Gasteiger partial charge in [-0.25, -0.2) is 0 Å². The van der Waals surface area contributed by atoms with Crippen LogP contribution >= 0.6 is 0 Å². The highest BCUT2D eigenvalue weighted by Crippen LogP contribution is 2.28. The fourth-order valence-corrected chi connectivity index (χ4v) is 1.91. The van der Waals surface area contributed by atoms with E-state index >= 15 is 0 Å². The van der Waals surface area contributed by atoms with Crippen molar-refractivity contribution in [1.82, 2.24) is 0 Å². The summed E-state index contributed by atoms with van der Waals surface area (Å²) < 4.78 is 0. The van der Waals surface area contributed by atoms with Crippen LogP contribution in [-0.4, -0.2) is 23.3 Å². The molecule has 0 radical (unpaired) electrons. The molecule has 2 rings (SSSR count). The first kappa shape index (κ1) is 9.19. The number of hydrogen-bond donors (Lipinski definition) is 2. The van der Waals surface area contributed by atoms with E-state index in [4.69, 9.17) is 0 Å². The lowest BCUT2D eigenvalue weighted by atomic mass is 10.1. The molecule has 1 aliphatic heterocycles. The molecule has 2 N–H and O–H groups in total. The first-order valence-electron chi connectivity index (χ1n) is 5.04. The van der Waals surface area contributed by atoms with Crippen molar-refractivity contribution in [2.24, 2.45) is 0 Å². The highest BCUT2D eigenvalue weighted by atomic mass is 16.3. The van der Waals surface area contributed by atoms with Gasteiger partial charge in [-0.1, -0.05) is 0 Å². The van der Waals surface area contributed by atoms with Gasteiger partial charge >= 0.3 is 0 Å². The van der Waals surface area contributed by atoms with E-state index in [0.29, 0.717) is 0 Å². The lowest BCUT2D eigenvalue weighted by molar-refractivity contribution is 0.449. The first-order valence-corrected chi connectivity index (χ1v) is 5.04. The molecule has 1 fully saturated rings. The van der Waals surface area contributed by atoms with E-state index in [1.54, 1.807) is 12.1 Å². The van der Waals surface area contributed by atoms with Gasteiger partial charge in [0.25, 0.3) is 0 Å². The van der Waals surface area contributed by atoms with Gasteiger partial charge in [0.05, 0.1) is 0 Å². The molecule has 0 bridgehead atoms. The molecule has 0 aliphatic carbocycles. The van der Waals surface area contributed by atoms with Gasteiger partial charge in [0.2, 0.25) is 0 Å². The zero-order chi connectivity index (χ0) is 9.97. The first-order chi connectivity index (χ1) is 6.75. The van der Waals surface area contributed by atoms with Crippen LogP contribution in [0.25, 0.3) is 0 Å². The van der Waals surface area contributed by atoms with E-state index in [-0.39, 0.29) is 11.5 Å². The standard InChI is InChI=1S/C11H15NO2/c13-10-6-9(7-11(14)8-10)12-4-2-1-3-5-12/h6-8,13-14H,1-5H2. The minimum atomic E-state index is 0.130. The van der Waals surface area contributed by atoms with Crippen molar-refractivity contribution in [1.29, 1.82) is 0 Å². The van der Waals surface area contributed by atoms with Gasteiger partial charge in [0.1, 0.15) is 11.5 Å². The van der Waals surface area contributed by atoms with Gasteiger partial charge in [0, 0.05) is 37.0 Å². The highest BCUT2D eigenvalue weighted by Gasteiger charge is 2.11. The van der Waals surface area contributed by atoms with Crippen molar-refractivity contribution in [3.05, 3.63) is 18.2 Å². The average Bonchev–Trinajstić information content (AvgIpc) is 2.18. The van der Waals surface area contributed by atoms with Crippen molar-refractivity contribution in [3.8, 4) is 11.5 Å². The Balaban J connectivity index is 2.21. The molecule has 0 amide bonds. The van der Waals surface area contributed by atoms with Crippen LogP contribution in [0.2, 0.25) is 0 Å². The molecule has 1 saturated heterocycles. The molecule has 0 spiro atoms. The summed E-state index contributed by atoms with van der Waals surface area (Å²) in [5.41, 5.74) is 0.919. The van der Waals surface area contributed by atoms with Gasteiger partial charge in [-0.2, -0.15) is 0 Å². The van der Waals surface area contributed by atoms with E-state index in [1.807, 2.05) is 0 Å². The molecule has 14 heavy (non-hydrogen) atoms. The van der Waals surface area contributed by atoms with Crippen molar-refractivity contribution in [3.63, 3.8) is 0 Å². The molecule has 3 heteroatoms. The summed E-state index contributed by atoms with van der Waals surface area (Å²) in [5, 5.41) is 18.7. The van der Waals surface area contributed by atoms with Crippen LogP contribution in [0.4, 0.5) is 5.69 Å². The van der Waals surface area contributed by atoms with Gasteiger partial charge in [-0.05, 0) is 19.3 Å². The molecule has 76 valence electrons. The molecule has 0 saturated carbocycles. The van der Waals surface area contributed by atoms with Crippen molar-refractivity contribution in [2.75, 3.05) is 18.0 Å². The molecule has 0 aromatic heterocycles. The number of phenols is 2. The van der Waals surface area contributed by atoms with Gasteiger partial charge < -0.3 is 15.1 Å². The summed E-state index contributed by atoms with van der Waals surface area (Å²) in [4.78, 5) is 2.20. The maximum absolute atomic E-state index is 9.34. The Morgan fingerprint density at radius 1 is 0.857 bits per heavy atom. The Bertz CT molecular complexity index is 299. The second-order valence-electron chi connectivity index (χ2n) is 3.76. The lowest BCUT2D eigenvalue weighted by Gasteiger charge is -2.28. The zero-order valence-electron chi connectivity index (χ0n) is 8.11. The van der Waals surface area contributed by atoms with E-state index in [2.05, 4.69) is 4.90 Å². The van der Waals surface area contributed by atoms with Crippen LogP contribution in [0.3, 0.4) is 0 Å². The quantitative estimate of drug-likeness (QED) is 0.717. The fraction of sp³-hybridized carbons (Fsp3) is 0.455. The van der Waals surface area contributed by atoms with Crippen molar-refractivity contribution < 1.29 is 10.2 Å². The molecule has 1 aromatic carbocycles. The topological polar surface area (TPSA) is 43.7 Å². The number of benzene rings is 1. The summed E-state index contributed by atoms with van der Waals surface area (Å²) in [6.45, 7) is 2.03. The van der Waals surface area contributed by atoms with Crippen LogP contribution in [0.15, 0.2) is 18.2 Å². The lowest BCUT2D eigenvalue weighted by Crippen LogP contribution is -2.29. The molecule has 1 heterocycles. The summed E-state index contributed by atoms with van der Waals surface area (Å²) in [6, 6.07) is 4.75. The van der Waals surface area contributed by atoms with Crippen LogP contribution in [-0.2, 0) is 0 Å². The number of phenolic OH excluding ortho intramolecular Hbond substituents is 2. The monoisotopic (exact) mass is 193 g/mol. The van der Waals surface area contributed by atoms with E-state index in [1.165, 1.54) is 25.3 Å². The van der Waals surface area contributed by atoms with Crippen LogP contribution in [0.5, 0.6) is 11.5 Å². The smallest absolute Gasteiger partial charge is 0.121 e. The normalized spacial score (nSPS) is 17.0. The Morgan fingerprint density at radius 3 is 2.00 bits per heavy atom. The Morgan fingerprint density at radius 2 is 1.43 bits per heavy atom. The summed E-state index contributed by atoms with van der Waals surface area (Å²) >= 11 is 0. The predicted octanol–water partition coefficient (Wildman–Crippen LogP) is 2.09. The van der Waals surface area contributed by atoms with Gasteiger partial charge in [-0.15, -0.1) is 0 Å². The Hall–Kier alpha value is -1.38. The number of aromatic hydroxyl groups is 2. The third-order valence-electron chi connectivity index (χ3n) is 2.61. The average molecular weight is 193 g/mol. The van der Waals surface area contributed by atoms with Crippen molar-refractivity contribution >= 4 is 5.69 Å². The third kappa shape index (κ3) is 1.92. The van der Waals surface area contributed by atoms with Crippen LogP contribution < -0.4 is 4.90 Å². The van der Waals surface area contributed by atoms with Crippen molar-refractivity contribution in [2.45, 2.75) is 19.3 Å². The molecule has 3 nitrogen and oxygen atoms in total. The summed E-state index contributed by atoms with van der Waals surface area (Å²) in [7, 11) is 0. The minimum Gasteiger partial charge on any atom is -0.508 e. The molecule has 1 aliphatic rings. The minimum absolute atomic E-state index is 0.130. The molecular formula is C11H15NO2. The maximum atomic E-state index is 9.34. The Labute approximate surface area is 83.6 Å². The summed E-state index contributed by atoms with van der Waals surface area (Å²) in [5.74, 6) is 0.260. The molecule has 1 aromatic rings. The maximum Gasteiger partial charge on any atom is 0.121 e. The number of piperidine rings is 1. The van der Waals surface area contributed by atoms with E-state index < -0.39 is 0 Å². The van der Waals surface area contributed by atoms with E-state index in [0.717, 1.165) is 18.8 Å². The second kappa shape index (κ2) is 3.78. The summed E-state index contributed by atoms with van der Waals surface area (Å²) in [6.07, 6.45) is 3.66. The largest absolute Gasteiger partial charge is 0.508 e. The molecule has 0 atom stereocenters. The number of rotatable bonds is 1.